The number of benzene rings is 1. The maximum atomic E-state index is 4.07. The number of thiazole rings is 1. The lowest BCUT2D eigenvalue weighted by atomic mass is 10.2. The molecule has 0 saturated carbocycles. The summed E-state index contributed by atoms with van der Waals surface area (Å²) >= 11 is 1.66. The maximum absolute atomic E-state index is 4.07. The molecule has 72 valence electrons. The van der Waals surface area contributed by atoms with Crippen LogP contribution in [0, 0.1) is 0 Å². The van der Waals surface area contributed by atoms with Crippen LogP contribution >= 0.6 is 11.3 Å². The van der Waals surface area contributed by atoms with Gasteiger partial charge in [-0.1, -0.05) is 12.1 Å². The molecule has 0 amide bonds. The van der Waals surface area contributed by atoms with E-state index in [4.69, 9.17) is 0 Å². The second kappa shape index (κ2) is 4.24. The second-order valence-corrected chi connectivity index (χ2v) is 3.86. The van der Waals surface area contributed by atoms with Crippen molar-refractivity contribution in [3.05, 3.63) is 36.0 Å². The molecule has 2 aromatic rings. The Kier molecular flexibility index (Phi) is 2.79. The molecule has 0 saturated heterocycles. The fourth-order valence-electron chi connectivity index (χ4n) is 1.34. The average Bonchev–Trinajstić information content (AvgIpc) is 2.71. The highest BCUT2D eigenvalue weighted by atomic mass is 32.1. The largest absolute Gasteiger partial charge is 0.385 e. The van der Waals surface area contributed by atoms with Gasteiger partial charge >= 0.3 is 0 Å². The van der Waals surface area contributed by atoms with E-state index < -0.39 is 0 Å². The van der Waals surface area contributed by atoms with Crippen LogP contribution in [0.4, 0.5) is 5.69 Å². The van der Waals surface area contributed by atoms with E-state index in [-0.39, 0.29) is 0 Å². The van der Waals surface area contributed by atoms with E-state index in [9.17, 15) is 0 Å². The first-order valence-corrected chi connectivity index (χ1v) is 5.51. The molecule has 2 rings (SSSR count). The van der Waals surface area contributed by atoms with Gasteiger partial charge in [-0.3, -0.25) is 4.98 Å². The third-order valence-electron chi connectivity index (χ3n) is 1.96. The normalized spacial score (nSPS) is 10.1. The third kappa shape index (κ3) is 1.93. The molecule has 1 heterocycles. The first-order valence-electron chi connectivity index (χ1n) is 4.63. The topological polar surface area (TPSA) is 24.9 Å². The number of nitrogens with zero attached hydrogens (tertiary/aromatic N) is 1. The average molecular weight is 204 g/mol. The Bertz CT molecular complexity index is 395. The van der Waals surface area contributed by atoms with Crippen molar-refractivity contribution in [2.24, 2.45) is 0 Å². The summed E-state index contributed by atoms with van der Waals surface area (Å²) < 4.78 is 0. The molecule has 1 N–H and O–H groups in total. The highest BCUT2D eigenvalue weighted by Crippen LogP contribution is 2.25. The third-order valence-corrected chi connectivity index (χ3v) is 2.78. The van der Waals surface area contributed by atoms with E-state index in [1.54, 1.807) is 11.3 Å². The van der Waals surface area contributed by atoms with Gasteiger partial charge in [0, 0.05) is 18.4 Å². The van der Waals surface area contributed by atoms with Crippen LogP contribution in [0.25, 0.3) is 10.4 Å². The Morgan fingerprint density at radius 1 is 1.43 bits per heavy atom. The van der Waals surface area contributed by atoms with Gasteiger partial charge in [0.15, 0.2) is 0 Å². The van der Waals surface area contributed by atoms with Gasteiger partial charge < -0.3 is 5.32 Å². The lowest BCUT2D eigenvalue weighted by molar-refractivity contribution is 1.21. The highest BCUT2D eigenvalue weighted by molar-refractivity contribution is 7.13. The van der Waals surface area contributed by atoms with Gasteiger partial charge in [0.2, 0.25) is 0 Å². The molecule has 1 aromatic carbocycles. The Balaban J connectivity index is 2.31. The summed E-state index contributed by atoms with van der Waals surface area (Å²) in [7, 11) is 0. The first-order chi connectivity index (χ1) is 6.90. The van der Waals surface area contributed by atoms with Crippen LogP contribution in [-0.4, -0.2) is 11.5 Å². The van der Waals surface area contributed by atoms with Crippen molar-refractivity contribution in [2.45, 2.75) is 6.92 Å². The van der Waals surface area contributed by atoms with E-state index in [2.05, 4.69) is 41.5 Å². The van der Waals surface area contributed by atoms with Gasteiger partial charge in [-0.15, -0.1) is 11.3 Å². The van der Waals surface area contributed by atoms with Crippen LogP contribution < -0.4 is 5.32 Å². The minimum atomic E-state index is 0.951. The molecule has 2 nitrogen and oxygen atoms in total. The second-order valence-electron chi connectivity index (χ2n) is 2.98. The van der Waals surface area contributed by atoms with Crippen molar-refractivity contribution >= 4 is 17.0 Å². The van der Waals surface area contributed by atoms with Crippen molar-refractivity contribution in [3.63, 3.8) is 0 Å². The Hall–Kier alpha value is -1.35. The molecule has 0 bridgehead atoms. The smallest absolute Gasteiger partial charge is 0.0797 e. The summed E-state index contributed by atoms with van der Waals surface area (Å²) in [5.74, 6) is 0. The zero-order chi connectivity index (χ0) is 9.80. The van der Waals surface area contributed by atoms with Crippen molar-refractivity contribution in [2.75, 3.05) is 11.9 Å². The zero-order valence-electron chi connectivity index (χ0n) is 8.03. The summed E-state index contributed by atoms with van der Waals surface area (Å²) in [5.41, 5.74) is 4.25. The molecule has 0 fully saturated rings. The number of anilines is 1. The minimum Gasteiger partial charge on any atom is -0.385 e. The lowest BCUT2D eigenvalue weighted by Crippen LogP contribution is -1.95. The van der Waals surface area contributed by atoms with Crippen LogP contribution in [0.1, 0.15) is 6.92 Å². The van der Waals surface area contributed by atoms with Crippen LogP contribution in [-0.2, 0) is 0 Å². The Morgan fingerprint density at radius 2 is 2.36 bits per heavy atom. The van der Waals surface area contributed by atoms with Gasteiger partial charge in [0.25, 0.3) is 0 Å². The Labute approximate surface area is 87.6 Å². The predicted molar refractivity (Wildman–Crippen MR) is 61.7 cm³/mol. The summed E-state index contributed by atoms with van der Waals surface area (Å²) in [6.07, 6.45) is 1.90. The monoisotopic (exact) mass is 204 g/mol. The summed E-state index contributed by atoms with van der Waals surface area (Å²) in [6.45, 7) is 3.05. The van der Waals surface area contributed by atoms with Crippen LogP contribution in [0.3, 0.4) is 0 Å². The van der Waals surface area contributed by atoms with E-state index in [1.165, 1.54) is 16.1 Å². The molecule has 0 aliphatic heterocycles. The van der Waals surface area contributed by atoms with Crippen molar-refractivity contribution < 1.29 is 0 Å². The molecule has 0 radical (unpaired) electrons. The molecular weight excluding hydrogens is 192 g/mol. The molecule has 0 aliphatic rings. The quantitative estimate of drug-likeness (QED) is 0.830. The SMILES string of the molecule is CCNc1cccc(-c2cncs2)c1. The van der Waals surface area contributed by atoms with Crippen molar-refractivity contribution in [1.82, 2.24) is 4.98 Å². The maximum Gasteiger partial charge on any atom is 0.0797 e. The van der Waals surface area contributed by atoms with Crippen LogP contribution in [0.5, 0.6) is 0 Å². The Morgan fingerprint density at radius 3 is 3.07 bits per heavy atom. The molecular formula is C11H12N2S. The number of aromatic nitrogens is 1. The number of rotatable bonds is 3. The van der Waals surface area contributed by atoms with Crippen LogP contribution in [0.2, 0.25) is 0 Å². The summed E-state index contributed by atoms with van der Waals surface area (Å²) in [6, 6.07) is 8.40. The zero-order valence-corrected chi connectivity index (χ0v) is 8.84. The fraction of sp³-hybridized carbons (Fsp3) is 0.182. The molecule has 1 aromatic heterocycles. The number of hydrogen-bond acceptors (Lipinski definition) is 3. The van der Waals surface area contributed by atoms with Gasteiger partial charge in [-0.25, -0.2) is 0 Å². The van der Waals surface area contributed by atoms with Gasteiger partial charge in [0.05, 0.1) is 10.4 Å². The first kappa shape index (κ1) is 9.21. The van der Waals surface area contributed by atoms with Crippen molar-refractivity contribution in [1.29, 1.82) is 0 Å². The van der Waals surface area contributed by atoms with E-state index in [0.717, 1.165) is 6.54 Å². The molecule has 0 atom stereocenters. The molecule has 3 heteroatoms. The lowest BCUT2D eigenvalue weighted by Gasteiger charge is -2.04. The molecule has 0 unspecified atom stereocenters. The summed E-state index contributed by atoms with van der Waals surface area (Å²) in [4.78, 5) is 5.29. The van der Waals surface area contributed by atoms with Gasteiger partial charge in [0.1, 0.15) is 0 Å². The highest BCUT2D eigenvalue weighted by Gasteiger charge is 1.99. The van der Waals surface area contributed by atoms with E-state index in [1.807, 2.05) is 11.7 Å². The standard InChI is InChI=1S/C11H12N2S/c1-2-13-10-5-3-4-9(6-10)11-7-12-8-14-11/h3-8,13H,2H2,1H3. The molecule has 0 spiro atoms. The van der Waals surface area contributed by atoms with Crippen molar-refractivity contribution in [3.8, 4) is 10.4 Å². The minimum absolute atomic E-state index is 0.951. The summed E-state index contributed by atoms with van der Waals surface area (Å²) in [5, 5.41) is 3.29. The van der Waals surface area contributed by atoms with E-state index >= 15 is 0 Å². The fourth-order valence-corrected chi connectivity index (χ4v) is 1.96. The van der Waals surface area contributed by atoms with Gasteiger partial charge in [-0.2, -0.15) is 0 Å². The van der Waals surface area contributed by atoms with Crippen LogP contribution in [0.15, 0.2) is 36.0 Å². The number of nitrogens with one attached hydrogen (secondary N) is 1. The number of hydrogen-bond donors (Lipinski definition) is 1. The predicted octanol–water partition coefficient (Wildman–Crippen LogP) is 3.24. The molecule has 0 aliphatic carbocycles. The van der Waals surface area contributed by atoms with E-state index in [0.29, 0.717) is 0 Å². The molecule has 14 heavy (non-hydrogen) atoms. The van der Waals surface area contributed by atoms with Gasteiger partial charge in [-0.05, 0) is 24.6 Å².